The van der Waals surface area contributed by atoms with Gasteiger partial charge in [-0.25, -0.2) is 14.5 Å². The highest BCUT2D eigenvalue weighted by atomic mass is 16.7. The summed E-state index contributed by atoms with van der Waals surface area (Å²) in [6.07, 6.45) is 3.12. The van der Waals surface area contributed by atoms with Gasteiger partial charge >= 0.3 is 6.09 Å². The number of hydroxylamine groups is 2. The molecule has 0 bridgehead atoms. The molecule has 4 heterocycles. The molecule has 0 aliphatic carbocycles. The van der Waals surface area contributed by atoms with Crippen LogP contribution in [0, 0.1) is 6.92 Å². The topological polar surface area (TPSA) is 148 Å². The lowest BCUT2D eigenvalue weighted by molar-refractivity contribution is -0.118. The predicted molar refractivity (Wildman–Crippen MR) is 125 cm³/mol. The van der Waals surface area contributed by atoms with Crippen molar-refractivity contribution >= 4 is 34.4 Å². The van der Waals surface area contributed by atoms with E-state index in [0.717, 1.165) is 15.8 Å². The first kappa shape index (κ1) is 22.7. The van der Waals surface area contributed by atoms with E-state index in [1.54, 1.807) is 40.2 Å². The molecular weight excluding hydrogens is 454 g/mol. The summed E-state index contributed by atoms with van der Waals surface area (Å²) in [5.41, 5.74) is 3.08. The van der Waals surface area contributed by atoms with Gasteiger partial charge in [-0.05, 0) is 32.0 Å². The van der Waals surface area contributed by atoms with E-state index in [1.807, 2.05) is 13.1 Å². The number of hydrogen-bond donors (Lipinski definition) is 3. The highest BCUT2D eigenvalue weighted by molar-refractivity contribution is 6.09. The Hall–Kier alpha value is -4.13. The quantitative estimate of drug-likeness (QED) is 0.354. The van der Waals surface area contributed by atoms with Crippen molar-refractivity contribution in [1.82, 2.24) is 29.4 Å². The minimum atomic E-state index is -1.17. The van der Waals surface area contributed by atoms with Crippen molar-refractivity contribution < 1.29 is 24.6 Å². The summed E-state index contributed by atoms with van der Waals surface area (Å²) in [6.45, 7) is 4.51. The number of β-amino-alcohol motifs (C(OH)–C–C–N with tert-alkyl or cyclic N) is 1. The van der Waals surface area contributed by atoms with Crippen LogP contribution in [0.15, 0.2) is 42.9 Å². The molecule has 1 aromatic carbocycles. The molecular formula is C23H23N7O5. The molecule has 12 nitrogen and oxygen atoms in total. The minimum Gasteiger partial charge on any atom is -0.464 e. The summed E-state index contributed by atoms with van der Waals surface area (Å²) >= 11 is 0. The predicted octanol–water partition coefficient (Wildman–Crippen LogP) is 2.51. The molecule has 5 rings (SSSR count). The lowest BCUT2D eigenvalue weighted by Crippen LogP contribution is -2.20. The van der Waals surface area contributed by atoms with Gasteiger partial charge in [0.2, 0.25) is 5.95 Å². The summed E-state index contributed by atoms with van der Waals surface area (Å²) in [4.78, 5) is 37.8. The van der Waals surface area contributed by atoms with Crippen molar-refractivity contribution in [3.8, 4) is 5.82 Å². The number of nitrogens with one attached hydrogen (secondary N) is 1. The molecule has 0 amide bonds. The molecule has 1 aliphatic rings. The molecule has 12 heteroatoms. The van der Waals surface area contributed by atoms with Crippen molar-refractivity contribution in [3.05, 3.63) is 59.7 Å². The van der Waals surface area contributed by atoms with E-state index < -0.39 is 12.2 Å². The van der Waals surface area contributed by atoms with Gasteiger partial charge in [0.1, 0.15) is 0 Å². The van der Waals surface area contributed by atoms with E-state index in [-0.39, 0.29) is 12.4 Å². The normalized spacial score (nSPS) is 16.1. The van der Waals surface area contributed by atoms with Crippen LogP contribution in [-0.4, -0.2) is 70.7 Å². The largest absolute Gasteiger partial charge is 0.464 e. The SMILES string of the molecule is CC(=O)c1cn(C(=O)O)c2ccc(Nc3nccc(-n4cc(CN5C[C@H](O)CO5)c(C)n4)n3)cc12. The lowest BCUT2D eigenvalue weighted by atomic mass is 10.1. The average molecular weight is 477 g/mol. The number of aliphatic hydroxyl groups is 1. The third kappa shape index (κ3) is 4.49. The summed E-state index contributed by atoms with van der Waals surface area (Å²) < 4.78 is 2.67. The van der Waals surface area contributed by atoms with Crippen molar-refractivity contribution in [2.75, 3.05) is 18.5 Å². The number of carbonyl (C=O) groups is 2. The summed E-state index contributed by atoms with van der Waals surface area (Å²) in [5.74, 6) is 0.621. The number of carbonyl (C=O) groups excluding carboxylic acids is 1. The Balaban J connectivity index is 1.40. The Morgan fingerprint density at radius 2 is 2.09 bits per heavy atom. The number of aliphatic hydroxyl groups excluding tert-OH is 1. The molecule has 1 fully saturated rings. The Kier molecular flexibility index (Phi) is 5.76. The van der Waals surface area contributed by atoms with Crippen molar-refractivity contribution in [3.63, 3.8) is 0 Å². The minimum absolute atomic E-state index is 0.232. The fourth-order valence-corrected chi connectivity index (χ4v) is 4.01. The van der Waals surface area contributed by atoms with E-state index >= 15 is 0 Å². The van der Waals surface area contributed by atoms with Crippen LogP contribution in [0.5, 0.6) is 0 Å². The highest BCUT2D eigenvalue weighted by Gasteiger charge is 2.23. The molecule has 180 valence electrons. The van der Waals surface area contributed by atoms with Gasteiger partial charge in [-0.2, -0.15) is 15.1 Å². The van der Waals surface area contributed by atoms with Crippen molar-refractivity contribution in [2.24, 2.45) is 0 Å². The summed E-state index contributed by atoms with van der Waals surface area (Å²) in [5, 5.41) is 28.9. The molecule has 35 heavy (non-hydrogen) atoms. The Morgan fingerprint density at radius 1 is 1.26 bits per heavy atom. The average Bonchev–Trinajstić information content (AvgIpc) is 3.51. The summed E-state index contributed by atoms with van der Waals surface area (Å²) in [7, 11) is 0. The number of Topliss-reactive ketones (excluding diaryl/α,β-unsaturated/α-hetero) is 1. The number of benzene rings is 1. The molecule has 0 spiro atoms. The first-order chi connectivity index (χ1) is 16.8. The number of aryl methyl sites for hydroxylation is 1. The van der Waals surface area contributed by atoms with Crippen LogP contribution in [0.25, 0.3) is 16.7 Å². The fourth-order valence-electron chi connectivity index (χ4n) is 4.01. The second-order valence-corrected chi connectivity index (χ2v) is 8.30. The number of ketones is 1. The van der Waals surface area contributed by atoms with Gasteiger partial charge < -0.3 is 15.5 Å². The monoisotopic (exact) mass is 477 g/mol. The number of nitrogens with zero attached hydrogens (tertiary/aromatic N) is 6. The van der Waals surface area contributed by atoms with Crippen LogP contribution >= 0.6 is 0 Å². The molecule has 3 aromatic heterocycles. The third-order valence-electron chi connectivity index (χ3n) is 5.73. The Labute approximate surface area is 199 Å². The van der Waals surface area contributed by atoms with Gasteiger partial charge in [-0.15, -0.1) is 0 Å². The Morgan fingerprint density at radius 3 is 2.80 bits per heavy atom. The zero-order valence-corrected chi connectivity index (χ0v) is 19.0. The number of anilines is 2. The van der Waals surface area contributed by atoms with E-state index in [2.05, 4.69) is 20.4 Å². The number of fused-ring (bicyclic) bond motifs is 1. The molecule has 3 N–H and O–H groups in total. The van der Waals surface area contributed by atoms with Crippen LogP contribution in [0.1, 0.15) is 28.5 Å². The van der Waals surface area contributed by atoms with Crippen LogP contribution in [0.3, 0.4) is 0 Å². The van der Waals surface area contributed by atoms with Gasteiger partial charge in [0.15, 0.2) is 11.6 Å². The number of hydrogen-bond acceptors (Lipinski definition) is 9. The van der Waals surface area contributed by atoms with E-state index in [4.69, 9.17) is 4.84 Å². The molecule has 4 aromatic rings. The van der Waals surface area contributed by atoms with Gasteiger partial charge in [-0.3, -0.25) is 14.2 Å². The van der Waals surface area contributed by atoms with Crippen LogP contribution in [0.4, 0.5) is 16.4 Å². The maximum atomic E-state index is 12.0. The maximum Gasteiger partial charge on any atom is 0.416 e. The van der Waals surface area contributed by atoms with Gasteiger partial charge in [0.05, 0.1) is 37.0 Å². The van der Waals surface area contributed by atoms with E-state index in [9.17, 15) is 19.8 Å². The zero-order valence-electron chi connectivity index (χ0n) is 19.0. The molecule has 0 unspecified atom stereocenters. The fraction of sp³-hybridized carbons (Fsp3) is 0.261. The van der Waals surface area contributed by atoms with E-state index in [1.165, 1.54) is 13.1 Å². The molecule has 0 saturated carbocycles. The highest BCUT2D eigenvalue weighted by Crippen LogP contribution is 2.27. The zero-order chi connectivity index (χ0) is 24.7. The van der Waals surface area contributed by atoms with Crippen LogP contribution in [0.2, 0.25) is 0 Å². The van der Waals surface area contributed by atoms with Crippen LogP contribution < -0.4 is 5.32 Å². The second-order valence-electron chi connectivity index (χ2n) is 8.30. The van der Waals surface area contributed by atoms with Gasteiger partial charge in [0, 0.05) is 46.9 Å². The smallest absolute Gasteiger partial charge is 0.416 e. The van der Waals surface area contributed by atoms with Crippen molar-refractivity contribution in [1.29, 1.82) is 0 Å². The Bertz CT molecular complexity index is 1440. The van der Waals surface area contributed by atoms with E-state index in [0.29, 0.717) is 47.0 Å². The van der Waals surface area contributed by atoms with Gasteiger partial charge in [-0.1, -0.05) is 0 Å². The van der Waals surface area contributed by atoms with Gasteiger partial charge in [0.25, 0.3) is 0 Å². The number of aromatic nitrogens is 5. The summed E-state index contributed by atoms with van der Waals surface area (Å²) in [6, 6.07) is 6.74. The number of rotatable bonds is 6. The standard InChI is InChI=1S/C23H23N7O5/c1-13-15(8-28-10-17(32)12-35-28)9-30(27-13)21-5-6-24-22(26-21)25-16-3-4-20-18(7-16)19(14(2)31)11-29(20)23(33)34/h3-7,9,11,17,32H,8,10,12H2,1-2H3,(H,33,34)(H,24,25,26)/t17-/m0/s1. The maximum absolute atomic E-state index is 12.0. The number of carboxylic acid groups (broad SMARTS) is 1. The first-order valence-corrected chi connectivity index (χ1v) is 10.9. The first-order valence-electron chi connectivity index (χ1n) is 10.9. The molecule has 1 aliphatic heterocycles. The third-order valence-corrected chi connectivity index (χ3v) is 5.73. The second kappa shape index (κ2) is 8.91. The van der Waals surface area contributed by atoms with Crippen molar-refractivity contribution in [2.45, 2.75) is 26.5 Å². The lowest BCUT2D eigenvalue weighted by Gasteiger charge is -2.12. The van der Waals surface area contributed by atoms with Crippen LogP contribution in [-0.2, 0) is 11.4 Å². The molecule has 1 saturated heterocycles. The molecule has 1 atom stereocenters. The molecule has 0 radical (unpaired) electrons.